The minimum atomic E-state index is -1.25. The molecule has 4 aromatic rings. The van der Waals surface area contributed by atoms with Gasteiger partial charge in [0.15, 0.2) is 11.6 Å². The van der Waals surface area contributed by atoms with Crippen LogP contribution in [0.2, 0.25) is 10.0 Å². The van der Waals surface area contributed by atoms with Crippen LogP contribution in [0.3, 0.4) is 0 Å². The molecule has 0 fully saturated rings. The molecule has 0 bridgehead atoms. The van der Waals surface area contributed by atoms with E-state index in [-0.39, 0.29) is 29.7 Å². The third-order valence-corrected chi connectivity index (χ3v) is 7.62. The summed E-state index contributed by atoms with van der Waals surface area (Å²) in [6.07, 6.45) is 3.08. The van der Waals surface area contributed by atoms with Crippen LogP contribution in [0, 0.1) is 10.8 Å². The average Bonchev–Trinajstić information content (AvgIpc) is 3.32. The summed E-state index contributed by atoms with van der Waals surface area (Å²) in [6.45, 7) is 7.22. The summed E-state index contributed by atoms with van der Waals surface area (Å²) in [4.78, 5) is 40.1. The lowest BCUT2D eigenvalue weighted by atomic mass is 9.76. The van der Waals surface area contributed by atoms with E-state index in [4.69, 9.17) is 32.7 Å². The number of methoxy groups -OCH3 is 1. The average molecular weight is 595 g/mol. The number of carbonyl (C=O) groups is 3. The van der Waals surface area contributed by atoms with Crippen LogP contribution < -0.4 is 0 Å². The maximum Gasteiger partial charge on any atom is 0.311 e. The number of hydrogen-bond donors (Lipinski definition) is 0. The lowest BCUT2D eigenvalue weighted by Crippen LogP contribution is -2.44. The lowest BCUT2D eigenvalue weighted by molar-refractivity contribution is -0.150. The van der Waals surface area contributed by atoms with Crippen molar-refractivity contribution in [1.82, 2.24) is 4.40 Å². The fourth-order valence-corrected chi connectivity index (χ4v) is 5.50. The highest BCUT2D eigenvalue weighted by atomic mass is 35.5. The van der Waals surface area contributed by atoms with Gasteiger partial charge < -0.3 is 13.9 Å². The molecule has 1 unspecified atom stereocenters. The van der Waals surface area contributed by atoms with Crippen molar-refractivity contribution in [2.45, 2.75) is 46.8 Å². The molecule has 2 heterocycles. The van der Waals surface area contributed by atoms with Gasteiger partial charge in [0.25, 0.3) is 0 Å². The van der Waals surface area contributed by atoms with Crippen LogP contribution >= 0.6 is 23.2 Å². The molecular weight excluding hydrogens is 561 g/mol. The number of Topliss-reactive ketones (excluding diaryl/α,β-unsaturated/α-hetero) is 2. The molecule has 0 radical (unpaired) electrons. The van der Waals surface area contributed by atoms with Gasteiger partial charge in [-0.2, -0.15) is 0 Å². The number of hydrogen-bond acceptors (Lipinski definition) is 5. The standard InChI is InChI=1S/C33H33Cl2NO5/c1-32(2,31(39)40-5)18-22-13-27-16-23(11-12-36(27)19-22)29(38)33(3,4)30(41-20-21-9-7-6-8-10-21)28(37)24-14-25(34)17-26(35)15-24/h6-17,19,30H,18,20H2,1-5H3. The zero-order valence-electron chi connectivity index (χ0n) is 23.7. The van der Waals surface area contributed by atoms with Crippen LogP contribution in [-0.2, 0) is 27.3 Å². The predicted molar refractivity (Wildman–Crippen MR) is 161 cm³/mol. The molecule has 0 aliphatic heterocycles. The highest BCUT2D eigenvalue weighted by Gasteiger charge is 2.43. The topological polar surface area (TPSA) is 74.1 Å². The number of esters is 1. The zero-order valence-corrected chi connectivity index (χ0v) is 25.3. The first-order valence-corrected chi connectivity index (χ1v) is 14.0. The van der Waals surface area contributed by atoms with Crippen molar-refractivity contribution >= 4 is 46.3 Å². The lowest BCUT2D eigenvalue weighted by Gasteiger charge is -2.32. The minimum Gasteiger partial charge on any atom is -0.469 e. The summed E-state index contributed by atoms with van der Waals surface area (Å²) in [7, 11) is 1.38. The maximum atomic E-state index is 14.0. The molecule has 0 N–H and O–H groups in total. The van der Waals surface area contributed by atoms with Gasteiger partial charge in [-0.05, 0) is 81.6 Å². The van der Waals surface area contributed by atoms with Crippen LogP contribution in [0.4, 0.5) is 0 Å². The summed E-state index contributed by atoms with van der Waals surface area (Å²) in [5.74, 6) is -0.936. The molecule has 0 aliphatic rings. The van der Waals surface area contributed by atoms with Crippen LogP contribution in [0.1, 0.15) is 59.5 Å². The second-order valence-corrected chi connectivity index (χ2v) is 12.3. The molecule has 0 saturated heterocycles. The minimum absolute atomic E-state index is 0.138. The molecule has 214 valence electrons. The summed E-state index contributed by atoms with van der Waals surface area (Å²) in [6, 6.07) is 19.5. The van der Waals surface area contributed by atoms with Gasteiger partial charge in [0.1, 0.15) is 6.10 Å². The number of halogens is 2. The Bertz CT molecular complexity index is 1570. The van der Waals surface area contributed by atoms with Gasteiger partial charge in [0, 0.05) is 39.1 Å². The van der Waals surface area contributed by atoms with Gasteiger partial charge >= 0.3 is 5.97 Å². The molecular formula is C33H33Cl2NO5. The van der Waals surface area contributed by atoms with E-state index < -0.39 is 16.9 Å². The Labute approximate surface area is 250 Å². The quantitative estimate of drug-likeness (QED) is 0.132. The summed E-state index contributed by atoms with van der Waals surface area (Å²) < 4.78 is 13.0. The summed E-state index contributed by atoms with van der Waals surface area (Å²) >= 11 is 12.4. The van der Waals surface area contributed by atoms with E-state index in [1.54, 1.807) is 38.2 Å². The fraction of sp³-hybridized carbons (Fsp3) is 0.303. The molecule has 0 saturated carbocycles. The van der Waals surface area contributed by atoms with Crippen molar-refractivity contribution in [2.75, 3.05) is 7.11 Å². The SMILES string of the molecule is COC(=O)C(C)(C)Cc1cc2cc(C(=O)C(C)(C)C(OCc3ccccc3)C(=O)c3cc(Cl)cc(Cl)c3)ccn2c1. The van der Waals surface area contributed by atoms with Crippen molar-refractivity contribution in [1.29, 1.82) is 0 Å². The predicted octanol–water partition coefficient (Wildman–Crippen LogP) is 7.67. The molecule has 2 aromatic carbocycles. The normalized spacial score (nSPS) is 12.8. The maximum absolute atomic E-state index is 14.0. The van der Waals surface area contributed by atoms with Crippen molar-refractivity contribution in [3.8, 4) is 0 Å². The second kappa shape index (κ2) is 12.2. The molecule has 41 heavy (non-hydrogen) atoms. The largest absolute Gasteiger partial charge is 0.469 e. The molecule has 8 heteroatoms. The number of aromatic nitrogens is 1. The fourth-order valence-electron chi connectivity index (χ4n) is 4.97. The summed E-state index contributed by atoms with van der Waals surface area (Å²) in [5.41, 5.74) is 1.34. The number of benzene rings is 2. The first kappa shape index (κ1) is 30.5. The Morgan fingerprint density at radius 2 is 1.51 bits per heavy atom. The van der Waals surface area contributed by atoms with E-state index in [1.807, 2.05) is 60.8 Å². The smallest absolute Gasteiger partial charge is 0.311 e. The van der Waals surface area contributed by atoms with Gasteiger partial charge in [-0.15, -0.1) is 0 Å². The Hall–Kier alpha value is -3.45. The van der Waals surface area contributed by atoms with Crippen molar-refractivity contribution in [2.24, 2.45) is 10.8 Å². The number of ketones is 2. The molecule has 2 aromatic heterocycles. The van der Waals surface area contributed by atoms with E-state index in [0.29, 0.717) is 22.0 Å². The van der Waals surface area contributed by atoms with E-state index >= 15 is 0 Å². The monoisotopic (exact) mass is 593 g/mol. The second-order valence-electron chi connectivity index (χ2n) is 11.4. The third kappa shape index (κ3) is 6.89. The molecule has 1 atom stereocenters. The molecule has 0 aliphatic carbocycles. The highest BCUT2D eigenvalue weighted by Crippen LogP contribution is 2.34. The van der Waals surface area contributed by atoms with E-state index in [2.05, 4.69) is 0 Å². The highest BCUT2D eigenvalue weighted by molar-refractivity contribution is 6.35. The van der Waals surface area contributed by atoms with E-state index in [0.717, 1.165) is 16.6 Å². The van der Waals surface area contributed by atoms with E-state index in [9.17, 15) is 14.4 Å². The van der Waals surface area contributed by atoms with Crippen molar-refractivity contribution in [3.63, 3.8) is 0 Å². The number of fused-ring (bicyclic) bond motifs is 1. The van der Waals surface area contributed by atoms with Gasteiger partial charge in [-0.3, -0.25) is 14.4 Å². The van der Waals surface area contributed by atoms with Crippen LogP contribution in [0.5, 0.6) is 0 Å². The van der Waals surface area contributed by atoms with Crippen LogP contribution in [0.25, 0.3) is 5.52 Å². The van der Waals surface area contributed by atoms with Crippen molar-refractivity contribution < 1.29 is 23.9 Å². The van der Waals surface area contributed by atoms with E-state index in [1.165, 1.54) is 19.2 Å². The number of pyridine rings is 1. The Morgan fingerprint density at radius 3 is 2.15 bits per heavy atom. The third-order valence-electron chi connectivity index (χ3n) is 7.19. The molecule has 6 nitrogen and oxygen atoms in total. The number of nitrogens with zero attached hydrogens (tertiary/aromatic N) is 1. The number of rotatable bonds is 11. The van der Waals surface area contributed by atoms with Crippen LogP contribution in [0.15, 0.2) is 79.1 Å². The van der Waals surface area contributed by atoms with Gasteiger partial charge in [0.05, 0.1) is 24.5 Å². The molecule has 0 spiro atoms. The zero-order chi connectivity index (χ0) is 29.9. The molecule has 4 rings (SSSR count). The Kier molecular flexibility index (Phi) is 9.07. The first-order valence-electron chi connectivity index (χ1n) is 13.2. The first-order chi connectivity index (χ1) is 19.3. The number of ether oxygens (including phenoxy) is 2. The van der Waals surface area contributed by atoms with Crippen molar-refractivity contribution in [3.05, 3.63) is 111 Å². The van der Waals surface area contributed by atoms with Crippen LogP contribution in [-0.4, -0.2) is 35.2 Å². The van der Waals surface area contributed by atoms with Gasteiger partial charge in [0.2, 0.25) is 0 Å². The summed E-state index contributed by atoms with van der Waals surface area (Å²) in [5, 5.41) is 0.633. The molecule has 0 amide bonds. The van der Waals surface area contributed by atoms with Gasteiger partial charge in [-0.1, -0.05) is 53.5 Å². The Balaban J connectivity index is 1.66. The number of carbonyl (C=O) groups excluding carboxylic acids is 3. The Morgan fingerprint density at radius 1 is 0.854 bits per heavy atom. The van der Waals surface area contributed by atoms with Gasteiger partial charge in [-0.25, -0.2) is 0 Å².